The molecular formula is C13H19N3O3S. The summed E-state index contributed by atoms with van der Waals surface area (Å²) in [6, 6.07) is 7.12. The molecule has 0 aromatic heterocycles. The monoisotopic (exact) mass is 297 g/mol. The van der Waals surface area contributed by atoms with E-state index in [2.05, 4.69) is 5.43 Å². The fourth-order valence-corrected chi connectivity index (χ4v) is 3.05. The number of benzene rings is 1. The maximum atomic E-state index is 12.0. The zero-order chi connectivity index (χ0) is 14.4. The van der Waals surface area contributed by atoms with Crippen molar-refractivity contribution < 1.29 is 13.2 Å². The van der Waals surface area contributed by atoms with Gasteiger partial charge in [-0.05, 0) is 25.0 Å². The van der Waals surface area contributed by atoms with Crippen LogP contribution in [0.2, 0.25) is 0 Å². The van der Waals surface area contributed by atoms with E-state index in [9.17, 15) is 13.2 Å². The smallest absolute Gasteiger partial charge is 0.270 e. The zero-order valence-electron chi connectivity index (χ0n) is 11.2. The highest BCUT2D eigenvalue weighted by Gasteiger charge is 2.19. The molecule has 7 heteroatoms. The quantitative estimate of drug-likeness (QED) is 0.885. The lowest BCUT2D eigenvalue weighted by atomic mass is 10.2. The molecule has 20 heavy (non-hydrogen) atoms. The van der Waals surface area contributed by atoms with Gasteiger partial charge in [0.15, 0.2) is 0 Å². The first-order chi connectivity index (χ1) is 9.58. The van der Waals surface area contributed by atoms with Crippen molar-refractivity contribution in [2.45, 2.75) is 30.6 Å². The van der Waals surface area contributed by atoms with Crippen LogP contribution in [0.5, 0.6) is 0 Å². The highest BCUT2D eigenvalue weighted by atomic mass is 32.2. The van der Waals surface area contributed by atoms with Crippen LogP contribution < -0.4 is 10.1 Å². The van der Waals surface area contributed by atoms with Crippen molar-refractivity contribution in [1.29, 1.82) is 0 Å². The minimum Gasteiger partial charge on any atom is -0.270 e. The van der Waals surface area contributed by atoms with Crippen molar-refractivity contribution >= 4 is 16.1 Å². The Hall–Kier alpha value is -1.60. The molecule has 1 aromatic rings. The maximum absolute atomic E-state index is 12.0. The van der Waals surface area contributed by atoms with Gasteiger partial charge < -0.3 is 0 Å². The fourth-order valence-electron chi connectivity index (χ4n) is 2.13. The Morgan fingerprint density at radius 1 is 1.00 bits per heavy atom. The lowest BCUT2D eigenvalue weighted by Crippen LogP contribution is -2.49. The molecule has 110 valence electrons. The van der Waals surface area contributed by atoms with Crippen molar-refractivity contribution in [1.82, 2.24) is 15.2 Å². The van der Waals surface area contributed by atoms with Gasteiger partial charge in [-0.3, -0.25) is 5.43 Å². The number of amides is 2. The first-order valence-corrected chi connectivity index (χ1v) is 8.20. The minimum atomic E-state index is -3.81. The third-order valence-electron chi connectivity index (χ3n) is 3.15. The molecule has 2 N–H and O–H groups in total. The van der Waals surface area contributed by atoms with Crippen LogP contribution in [0.15, 0.2) is 35.2 Å². The fraction of sp³-hybridized carbons (Fsp3) is 0.462. The van der Waals surface area contributed by atoms with E-state index in [4.69, 9.17) is 0 Å². The molecule has 6 nitrogen and oxygen atoms in total. The summed E-state index contributed by atoms with van der Waals surface area (Å²) in [6.07, 6.45) is 4.29. The lowest BCUT2D eigenvalue weighted by Gasteiger charge is -2.20. The number of hydrogen-bond acceptors (Lipinski definition) is 4. The molecule has 0 saturated carbocycles. The SMILES string of the molecule is O=C(NN1CCCCCC1)NS(=O)(=O)c1ccccc1. The van der Waals surface area contributed by atoms with E-state index in [0.717, 1.165) is 38.8 Å². The summed E-state index contributed by atoms with van der Waals surface area (Å²) in [6.45, 7) is 1.50. The van der Waals surface area contributed by atoms with Gasteiger partial charge in [0, 0.05) is 13.1 Å². The highest BCUT2D eigenvalue weighted by Crippen LogP contribution is 2.08. The van der Waals surface area contributed by atoms with Gasteiger partial charge in [-0.15, -0.1) is 0 Å². The van der Waals surface area contributed by atoms with Crippen LogP contribution in [0.3, 0.4) is 0 Å². The third-order valence-corrected chi connectivity index (χ3v) is 4.49. The molecule has 1 aromatic carbocycles. The predicted molar refractivity (Wildman–Crippen MR) is 75.3 cm³/mol. The van der Waals surface area contributed by atoms with Gasteiger partial charge in [0.2, 0.25) is 0 Å². The molecule has 0 unspecified atom stereocenters. The number of hydrazine groups is 1. The third kappa shape index (κ3) is 4.21. The molecular weight excluding hydrogens is 278 g/mol. The Balaban J connectivity index is 1.93. The van der Waals surface area contributed by atoms with Gasteiger partial charge >= 0.3 is 6.03 Å². The van der Waals surface area contributed by atoms with Crippen molar-refractivity contribution in [2.24, 2.45) is 0 Å². The van der Waals surface area contributed by atoms with Crippen LogP contribution in [-0.4, -0.2) is 32.5 Å². The second-order valence-corrected chi connectivity index (χ2v) is 6.44. The normalized spacial score (nSPS) is 17.2. The number of nitrogens with one attached hydrogen (secondary N) is 2. The number of hydrogen-bond donors (Lipinski definition) is 2. The molecule has 1 heterocycles. The van der Waals surface area contributed by atoms with Gasteiger partial charge in [-0.25, -0.2) is 22.9 Å². The molecule has 0 radical (unpaired) electrons. The van der Waals surface area contributed by atoms with Crippen molar-refractivity contribution in [3.05, 3.63) is 30.3 Å². The zero-order valence-corrected chi connectivity index (χ0v) is 12.0. The number of carbonyl (C=O) groups is 1. The topological polar surface area (TPSA) is 78.5 Å². The van der Waals surface area contributed by atoms with Crippen molar-refractivity contribution in [3.8, 4) is 0 Å². The number of carbonyl (C=O) groups excluding carboxylic acids is 1. The summed E-state index contributed by atoms with van der Waals surface area (Å²) in [4.78, 5) is 11.8. The molecule has 0 spiro atoms. The summed E-state index contributed by atoms with van der Waals surface area (Å²) >= 11 is 0. The van der Waals surface area contributed by atoms with E-state index in [-0.39, 0.29) is 4.90 Å². The second-order valence-electron chi connectivity index (χ2n) is 4.76. The summed E-state index contributed by atoms with van der Waals surface area (Å²) < 4.78 is 25.9. The molecule has 0 atom stereocenters. The van der Waals surface area contributed by atoms with E-state index in [0.29, 0.717) is 0 Å². The first-order valence-electron chi connectivity index (χ1n) is 6.71. The molecule has 1 aliphatic heterocycles. The molecule has 2 amide bonds. The molecule has 2 rings (SSSR count). The Bertz CT molecular complexity index is 537. The number of rotatable bonds is 3. The summed E-state index contributed by atoms with van der Waals surface area (Å²) in [7, 11) is -3.81. The standard InChI is InChI=1S/C13H19N3O3S/c17-13(14-16-10-6-1-2-7-11-16)15-20(18,19)12-8-4-3-5-9-12/h3-5,8-9H,1-2,6-7,10-11H2,(H2,14,15,17). The largest absolute Gasteiger partial charge is 0.343 e. The number of urea groups is 1. The number of sulfonamides is 1. The van der Waals surface area contributed by atoms with Crippen LogP contribution in [0.4, 0.5) is 4.79 Å². The van der Waals surface area contributed by atoms with Gasteiger partial charge in [0.1, 0.15) is 0 Å². The lowest BCUT2D eigenvalue weighted by molar-refractivity contribution is 0.184. The first kappa shape index (κ1) is 14.8. The van der Waals surface area contributed by atoms with Gasteiger partial charge in [0.05, 0.1) is 4.90 Å². The van der Waals surface area contributed by atoms with E-state index < -0.39 is 16.1 Å². The molecule has 0 bridgehead atoms. The molecule has 1 fully saturated rings. The van der Waals surface area contributed by atoms with Crippen LogP contribution in [0.1, 0.15) is 25.7 Å². The average molecular weight is 297 g/mol. The Kier molecular flexibility index (Phi) is 4.97. The summed E-state index contributed by atoms with van der Waals surface area (Å²) in [5.74, 6) is 0. The van der Waals surface area contributed by atoms with Gasteiger partial charge in [-0.1, -0.05) is 31.0 Å². The van der Waals surface area contributed by atoms with Gasteiger partial charge in [-0.2, -0.15) is 0 Å². The van der Waals surface area contributed by atoms with E-state index >= 15 is 0 Å². The van der Waals surface area contributed by atoms with E-state index in [1.54, 1.807) is 23.2 Å². The highest BCUT2D eigenvalue weighted by molar-refractivity contribution is 7.90. The Labute approximate surface area is 119 Å². The van der Waals surface area contributed by atoms with E-state index in [1.807, 2.05) is 4.72 Å². The number of nitrogens with zero attached hydrogens (tertiary/aromatic N) is 1. The predicted octanol–water partition coefficient (Wildman–Crippen LogP) is 1.47. The van der Waals surface area contributed by atoms with Crippen LogP contribution in [0, 0.1) is 0 Å². The Morgan fingerprint density at radius 2 is 1.60 bits per heavy atom. The van der Waals surface area contributed by atoms with Crippen LogP contribution in [0.25, 0.3) is 0 Å². The Morgan fingerprint density at radius 3 is 2.20 bits per heavy atom. The minimum absolute atomic E-state index is 0.0750. The second kappa shape index (κ2) is 6.71. The van der Waals surface area contributed by atoms with E-state index in [1.165, 1.54) is 12.1 Å². The van der Waals surface area contributed by atoms with Crippen LogP contribution >= 0.6 is 0 Å². The van der Waals surface area contributed by atoms with Crippen molar-refractivity contribution in [2.75, 3.05) is 13.1 Å². The summed E-state index contributed by atoms with van der Waals surface area (Å²) in [5.41, 5.74) is 2.59. The summed E-state index contributed by atoms with van der Waals surface area (Å²) in [5, 5.41) is 1.77. The van der Waals surface area contributed by atoms with Gasteiger partial charge in [0.25, 0.3) is 10.0 Å². The van der Waals surface area contributed by atoms with Crippen molar-refractivity contribution in [3.63, 3.8) is 0 Å². The maximum Gasteiger partial charge on any atom is 0.343 e. The molecule has 0 aliphatic carbocycles. The molecule has 1 saturated heterocycles. The molecule has 1 aliphatic rings. The average Bonchev–Trinajstić information content (AvgIpc) is 2.67. The van der Waals surface area contributed by atoms with Crippen LogP contribution in [-0.2, 0) is 10.0 Å².